The Balaban J connectivity index is 2.19. The van der Waals surface area contributed by atoms with Crippen LogP contribution in [-0.2, 0) is 15.1 Å². The van der Waals surface area contributed by atoms with Crippen LogP contribution in [0.4, 0.5) is 4.39 Å². The minimum atomic E-state index is -1.08. The van der Waals surface area contributed by atoms with Crippen molar-refractivity contribution in [2.45, 2.75) is 19.4 Å². The summed E-state index contributed by atoms with van der Waals surface area (Å²) >= 11 is 1.42. The first-order chi connectivity index (χ1) is 12.5. The van der Waals surface area contributed by atoms with E-state index in [0.29, 0.717) is 27.7 Å². The number of benzene rings is 1. The molecule has 0 saturated carbocycles. The smallest absolute Gasteiger partial charge is 0.338 e. The molecule has 0 bridgehead atoms. The Labute approximate surface area is 154 Å². The summed E-state index contributed by atoms with van der Waals surface area (Å²) in [5, 5.41) is 5.62. The number of nitrogens with one attached hydrogen (secondary N) is 1. The molecule has 0 radical (unpaired) electrons. The molecule has 6 nitrogen and oxygen atoms in total. The van der Waals surface area contributed by atoms with Gasteiger partial charge >= 0.3 is 5.97 Å². The Morgan fingerprint density at radius 1 is 1.38 bits per heavy atom. The van der Waals surface area contributed by atoms with E-state index in [9.17, 15) is 9.18 Å². The quantitative estimate of drug-likeness (QED) is 0.784. The topological polar surface area (TPSA) is 89.6 Å². The van der Waals surface area contributed by atoms with Gasteiger partial charge in [0.15, 0.2) is 10.8 Å². The molecule has 26 heavy (non-hydrogen) atoms. The third kappa shape index (κ3) is 3.25. The first kappa shape index (κ1) is 18.2. The van der Waals surface area contributed by atoms with E-state index in [4.69, 9.17) is 15.5 Å². The SMILES string of the molecule is CCOC(=O)C1=C(CN)NC(c2nccs2)=N[C@@]1(C)c1ccc(F)cc1. The lowest BCUT2D eigenvalue weighted by molar-refractivity contribution is -0.139. The Hall–Kier alpha value is -2.58. The van der Waals surface area contributed by atoms with E-state index in [1.54, 1.807) is 32.2 Å². The molecule has 0 saturated heterocycles. The average Bonchev–Trinajstić information content (AvgIpc) is 3.16. The molecule has 8 heteroatoms. The number of carbonyl (C=O) groups is 1. The summed E-state index contributed by atoms with van der Waals surface area (Å²) in [6, 6.07) is 5.90. The molecular weight excluding hydrogens is 355 g/mol. The summed E-state index contributed by atoms with van der Waals surface area (Å²) < 4.78 is 18.6. The zero-order chi connectivity index (χ0) is 18.7. The van der Waals surface area contributed by atoms with Crippen LogP contribution in [0.25, 0.3) is 0 Å². The number of thiazole rings is 1. The molecule has 2 aromatic rings. The van der Waals surface area contributed by atoms with E-state index in [0.717, 1.165) is 0 Å². The molecular formula is C18H19FN4O2S. The van der Waals surface area contributed by atoms with Crippen LogP contribution in [0.1, 0.15) is 24.4 Å². The number of nitrogens with zero attached hydrogens (tertiary/aromatic N) is 2. The van der Waals surface area contributed by atoms with Gasteiger partial charge in [0.05, 0.1) is 12.2 Å². The van der Waals surface area contributed by atoms with Crippen LogP contribution in [-0.4, -0.2) is 29.9 Å². The maximum atomic E-state index is 13.4. The molecule has 1 atom stereocenters. The normalized spacial score (nSPS) is 19.8. The van der Waals surface area contributed by atoms with Crippen molar-refractivity contribution in [2.24, 2.45) is 10.7 Å². The van der Waals surface area contributed by atoms with Gasteiger partial charge in [0.1, 0.15) is 11.4 Å². The molecule has 3 rings (SSSR count). The van der Waals surface area contributed by atoms with E-state index in [2.05, 4.69) is 10.3 Å². The summed E-state index contributed by atoms with van der Waals surface area (Å²) in [4.78, 5) is 21.7. The summed E-state index contributed by atoms with van der Waals surface area (Å²) in [5.74, 6) is -0.356. The molecule has 3 N–H and O–H groups in total. The van der Waals surface area contributed by atoms with E-state index in [1.165, 1.54) is 23.5 Å². The van der Waals surface area contributed by atoms with Crippen molar-refractivity contribution >= 4 is 23.1 Å². The number of esters is 1. The highest BCUT2D eigenvalue weighted by atomic mass is 32.1. The van der Waals surface area contributed by atoms with Crippen LogP contribution < -0.4 is 11.1 Å². The Kier molecular flexibility index (Phi) is 5.15. The van der Waals surface area contributed by atoms with Gasteiger partial charge in [0, 0.05) is 23.8 Å². The van der Waals surface area contributed by atoms with Crippen molar-refractivity contribution in [3.63, 3.8) is 0 Å². The third-order valence-electron chi connectivity index (χ3n) is 4.12. The zero-order valence-corrected chi connectivity index (χ0v) is 15.3. The molecule has 0 fully saturated rings. The Morgan fingerprint density at radius 2 is 2.12 bits per heavy atom. The molecule has 0 spiro atoms. The maximum absolute atomic E-state index is 13.4. The predicted molar refractivity (Wildman–Crippen MR) is 98.3 cm³/mol. The summed E-state index contributed by atoms with van der Waals surface area (Å²) in [6.07, 6.45) is 1.67. The Morgan fingerprint density at radius 3 is 2.69 bits per heavy atom. The van der Waals surface area contributed by atoms with Gasteiger partial charge in [-0.3, -0.25) is 0 Å². The fraction of sp³-hybridized carbons (Fsp3) is 0.278. The van der Waals surface area contributed by atoms with Crippen molar-refractivity contribution in [3.8, 4) is 0 Å². The Bertz CT molecular complexity index is 862. The molecule has 0 aliphatic carbocycles. The van der Waals surface area contributed by atoms with Crippen molar-refractivity contribution < 1.29 is 13.9 Å². The fourth-order valence-electron chi connectivity index (χ4n) is 2.91. The predicted octanol–water partition coefficient (Wildman–Crippen LogP) is 2.32. The number of carbonyl (C=O) groups excluding carboxylic acids is 1. The minimum absolute atomic E-state index is 0.0926. The monoisotopic (exact) mass is 374 g/mol. The van der Waals surface area contributed by atoms with Crippen LogP contribution in [0.2, 0.25) is 0 Å². The van der Waals surface area contributed by atoms with Crippen LogP contribution in [0.5, 0.6) is 0 Å². The number of nitrogens with two attached hydrogens (primary N) is 1. The summed E-state index contributed by atoms with van der Waals surface area (Å²) in [5.41, 5.74) is 6.30. The van der Waals surface area contributed by atoms with Gasteiger partial charge in [-0.05, 0) is 31.5 Å². The average molecular weight is 374 g/mol. The number of ether oxygens (including phenoxy) is 1. The van der Waals surface area contributed by atoms with E-state index in [-0.39, 0.29) is 19.0 Å². The van der Waals surface area contributed by atoms with Crippen LogP contribution in [0.15, 0.2) is 52.1 Å². The van der Waals surface area contributed by atoms with Gasteiger partial charge in [-0.1, -0.05) is 12.1 Å². The maximum Gasteiger partial charge on any atom is 0.338 e. The standard InChI is InChI=1S/C18H19FN4O2S/c1-3-25-17(24)14-13(10-20)22-15(16-21-8-9-26-16)23-18(14,2)11-4-6-12(19)7-5-11/h4-9H,3,10,20H2,1-2H3,(H,22,23)/t18-/m0/s1. The highest BCUT2D eigenvalue weighted by Crippen LogP contribution is 2.38. The molecule has 136 valence electrons. The van der Waals surface area contributed by atoms with Crippen LogP contribution in [0, 0.1) is 5.82 Å². The fourth-order valence-corrected chi connectivity index (χ4v) is 3.49. The zero-order valence-electron chi connectivity index (χ0n) is 14.5. The van der Waals surface area contributed by atoms with Crippen molar-refractivity contribution in [1.82, 2.24) is 10.3 Å². The van der Waals surface area contributed by atoms with Crippen molar-refractivity contribution in [3.05, 3.63) is 63.5 Å². The van der Waals surface area contributed by atoms with Crippen LogP contribution in [0.3, 0.4) is 0 Å². The number of amidine groups is 1. The number of aromatic nitrogens is 1. The molecule has 0 unspecified atom stereocenters. The van der Waals surface area contributed by atoms with Gasteiger partial charge in [0.2, 0.25) is 0 Å². The molecule has 1 aromatic heterocycles. The minimum Gasteiger partial charge on any atom is -0.463 e. The number of aliphatic imine (C=N–C) groups is 1. The van der Waals surface area contributed by atoms with E-state index in [1.807, 2.05) is 5.38 Å². The lowest BCUT2D eigenvalue weighted by Crippen LogP contribution is -2.43. The first-order valence-electron chi connectivity index (χ1n) is 8.13. The lowest BCUT2D eigenvalue weighted by Gasteiger charge is -2.34. The second-order valence-electron chi connectivity index (χ2n) is 5.78. The number of hydrogen-bond acceptors (Lipinski definition) is 7. The highest BCUT2D eigenvalue weighted by molar-refractivity contribution is 7.11. The molecule has 1 aliphatic rings. The molecule has 0 amide bonds. The van der Waals surface area contributed by atoms with E-state index >= 15 is 0 Å². The second kappa shape index (κ2) is 7.35. The van der Waals surface area contributed by atoms with Gasteiger partial charge in [-0.15, -0.1) is 11.3 Å². The second-order valence-corrected chi connectivity index (χ2v) is 6.67. The van der Waals surface area contributed by atoms with Crippen molar-refractivity contribution in [1.29, 1.82) is 0 Å². The number of rotatable bonds is 5. The largest absolute Gasteiger partial charge is 0.463 e. The van der Waals surface area contributed by atoms with Gasteiger partial charge in [0.25, 0.3) is 0 Å². The third-order valence-corrected chi connectivity index (χ3v) is 4.90. The lowest BCUT2D eigenvalue weighted by atomic mass is 9.82. The van der Waals surface area contributed by atoms with Gasteiger partial charge in [-0.25, -0.2) is 19.2 Å². The van der Waals surface area contributed by atoms with E-state index < -0.39 is 11.5 Å². The first-order valence-corrected chi connectivity index (χ1v) is 9.01. The summed E-state index contributed by atoms with van der Waals surface area (Å²) in [6.45, 7) is 3.84. The number of hydrogen-bond donors (Lipinski definition) is 2. The van der Waals surface area contributed by atoms with Gasteiger partial charge in [-0.2, -0.15) is 0 Å². The van der Waals surface area contributed by atoms with Crippen molar-refractivity contribution in [2.75, 3.05) is 13.2 Å². The molecule has 1 aliphatic heterocycles. The summed E-state index contributed by atoms with van der Waals surface area (Å²) in [7, 11) is 0. The molecule has 2 heterocycles. The highest BCUT2D eigenvalue weighted by Gasteiger charge is 2.42. The van der Waals surface area contributed by atoms with Crippen LogP contribution >= 0.6 is 11.3 Å². The number of halogens is 1. The molecule has 1 aromatic carbocycles. The van der Waals surface area contributed by atoms with Gasteiger partial charge < -0.3 is 15.8 Å².